The molecule has 0 saturated carbocycles. The predicted molar refractivity (Wildman–Crippen MR) is 136 cm³/mol. The van der Waals surface area contributed by atoms with Gasteiger partial charge in [0.15, 0.2) is 11.0 Å². The first-order valence-electron chi connectivity index (χ1n) is 11.8. The summed E-state index contributed by atoms with van der Waals surface area (Å²) in [6.07, 6.45) is 3.68. The number of piperidine rings is 1. The average Bonchev–Trinajstić information content (AvgIpc) is 3.24. The molecule has 0 spiro atoms. The molecule has 0 bridgehead atoms. The van der Waals surface area contributed by atoms with Gasteiger partial charge in [-0.25, -0.2) is 0 Å². The number of likely N-dealkylation sites (tertiary alicyclic amines) is 1. The molecule has 34 heavy (non-hydrogen) atoms. The van der Waals surface area contributed by atoms with Crippen LogP contribution in [-0.2, 0) is 11.8 Å². The van der Waals surface area contributed by atoms with Gasteiger partial charge in [0.2, 0.25) is 5.91 Å². The summed E-state index contributed by atoms with van der Waals surface area (Å²) in [5.41, 5.74) is 3.40. The Morgan fingerprint density at radius 3 is 2.53 bits per heavy atom. The highest BCUT2D eigenvalue weighted by Crippen LogP contribution is 2.27. The van der Waals surface area contributed by atoms with Crippen LogP contribution in [0.4, 0.5) is 0 Å². The van der Waals surface area contributed by atoms with Crippen molar-refractivity contribution in [3.8, 4) is 17.1 Å². The molecule has 0 radical (unpaired) electrons. The van der Waals surface area contributed by atoms with Crippen LogP contribution in [0.2, 0.25) is 0 Å². The minimum Gasteiger partial charge on any atom is -0.497 e. The molecule has 1 fully saturated rings. The number of aryl methyl sites for hydroxylation is 1. The van der Waals surface area contributed by atoms with E-state index in [4.69, 9.17) is 4.74 Å². The number of aromatic nitrogens is 3. The maximum absolute atomic E-state index is 12.7. The first-order valence-corrected chi connectivity index (χ1v) is 12.8. The molecule has 1 amide bonds. The number of nitrogens with zero attached hydrogens (tertiary/aromatic N) is 4. The second kappa shape index (κ2) is 11.5. The van der Waals surface area contributed by atoms with E-state index in [0.29, 0.717) is 12.3 Å². The number of carbonyl (C=O) groups excluding carboxylic acids is 1. The highest BCUT2D eigenvalue weighted by atomic mass is 32.2. The number of hydrogen-bond acceptors (Lipinski definition) is 6. The minimum absolute atomic E-state index is 0.000891. The number of rotatable bonds is 9. The standard InChI is InChI=1S/C26H33N5O2S/c1-19-9-5-6-10-22(19)25-28-29-26(30(25)2)34-18-24(32)27-17-23(31-15-7-4-8-16-31)20-11-13-21(33-3)14-12-20/h5-6,9-14,23H,4,7-8,15-18H2,1-3H3,(H,27,32). The quantitative estimate of drug-likeness (QED) is 0.463. The fourth-order valence-corrected chi connectivity index (χ4v) is 5.15. The van der Waals surface area contributed by atoms with Crippen molar-refractivity contribution in [2.75, 3.05) is 32.5 Å². The monoisotopic (exact) mass is 479 g/mol. The maximum atomic E-state index is 12.7. The van der Waals surface area contributed by atoms with Gasteiger partial charge in [-0.15, -0.1) is 10.2 Å². The highest BCUT2D eigenvalue weighted by molar-refractivity contribution is 7.99. The van der Waals surface area contributed by atoms with Crippen LogP contribution in [-0.4, -0.2) is 58.1 Å². The van der Waals surface area contributed by atoms with Crippen molar-refractivity contribution in [3.05, 3.63) is 59.7 Å². The summed E-state index contributed by atoms with van der Waals surface area (Å²) in [5, 5.41) is 12.6. The lowest BCUT2D eigenvalue weighted by Gasteiger charge is -2.35. The highest BCUT2D eigenvalue weighted by Gasteiger charge is 2.23. The van der Waals surface area contributed by atoms with E-state index in [0.717, 1.165) is 40.9 Å². The Hall–Kier alpha value is -2.84. The van der Waals surface area contributed by atoms with Crippen molar-refractivity contribution in [2.24, 2.45) is 7.05 Å². The number of carbonyl (C=O) groups is 1. The maximum Gasteiger partial charge on any atom is 0.230 e. The molecule has 7 nitrogen and oxygen atoms in total. The van der Waals surface area contributed by atoms with Crippen molar-refractivity contribution >= 4 is 17.7 Å². The van der Waals surface area contributed by atoms with Crippen LogP contribution in [0.25, 0.3) is 11.4 Å². The van der Waals surface area contributed by atoms with Crippen LogP contribution in [0.3, 0.4) is 0 Å². The Labute approximate surface area is 205 Å². The van der Waals surface area contributed by atoms with Crippen LogP contribution in [0, 0.1) is 6.92 Å². The van der Waals surface area contributed by atoms with E-state index in [-0.39, 0.29) is 11.9 Å². The Morgan fingerprint density at radius 2 is 1.82 bits per heavy atom. The molecule has 1 aliphatic heterocycles. The molecule has 3 aromatic rings. The summed E-state index contributed by atoms with van der Waals surface area (Å²) in [5.74, 6) is 1.96. The van der Waals surface area contributed by atoms with Gasteiger partial charge in [-0.05, 0) is 56.1 Å². The number of hydrogen-bond donors (Lipinski definition) is 1. The topological polar surface area (TPSA) is 72.3 Å². The fraction of sp³-hybridized carbons (Fsp3) is 0.423. The third-order valence-corrected chi connectivity index (χ3v) is 7.40. The summed E-state index contributed by atoms with van der Waals surface area (Å²) in [7, 11) is 3.62. The molecular formula is C26H33N5O2S. The second-order valence-electron chi connectivity index (χ2n) is 8.66. The third kappa shape index (κ3) is 5.80. The molecule has 1 N–H and O–H groups in total. The van der Waals surface area contributed by atoms with Crippen molar-refractivity contribution in [3.63, 3.8) is 0 Å². The zero-order chi connectivity index (χ0) is 23.9. The van der Waals surface area contributed by atoms with Crippen LogP contribution >= 0.6 is 11.8 Å². The zero-order valence-corrected chi connectivity index (χ0v) is 21.0. The molecule has 1 aromatic heterocycles. The lowest BCUT2D eigenvalue weighted by molar-refractivity contribution is -0.118. The van der Waals surface area contributed by atoms with Gasteiger partial charge in [-0.1, -0.05) is 54.6 Å². The Kier molecular flexibility index (Phi) is 8.24. The van der Waals surface area contributed by atoms with Crippen LogP contribution in [0.15, 0.2) is 53.7 Å². The normalized spacial score (nSPS) is 15.1. The number of nitrogens with one attached hydrogen (secondary N) is 1. The molecule has 0 aliphatic carbocycles. The molecule has 2 aromatic carbocycles. The van der Waals surface area contributed by atoms with Gasteiger partial charge in [0.25, 0.3) is 0 Å². The van der Waals surface area contributed by atoms with Crippen molar-refractivity contribution < 1.29 is 9.53 Å². The van der Waals surface area contributed by atoms with E-state index in [2.05, 4.69) is 45.5 Å². The molecule has 8 heteroatoms. The van der Waals surface area contributed by atoms with Gasteiger partial charge in [0.05, 0.1) is 18.9 Å². The lowest BCUT2D eigenvalue weighted by Crippen LogP contribution is -2.41. The van der Waals surface area contributed by atoms with Gasteiger partial charge < -0.3 is 14.6 Å². The van der Waals surface area contributed by atoms with Gasteiger partial charge in [-0.2, -0.15) is 0 Å². The minimum atomic E-state index is 0.000891. The first kappa shape index (κ1) is 24.3. The first-order chi connectivity index (χ1) is 16.6. The number of amides is 1. The van der Waals surface area contributed by atoms with E-state index in [1.54, 1.807) is 7.11 Å². The molecule has 1 unspecified atom stereocenters. The third-order valence-electron chi connectivity index (χ3n) is 6.38. The van der Waals surface area contributed by atoms with E-state index in [9.17, 15) is 4.79 Å². The zero-order valence-electron chi connectivity index (χ0n) is 20.2. The van der Waals surface area contributed by atoms with Crippen molar-refractivity contribution in [2.45, 2.75) is 37.4 Å². The molecule has 2 heterocycles. The van der Waals surface area contributed by atoms with E-state index in [1.165, 1.54) is 36.6 Å². The molecule has 1 saturated heterocycles. The van der Waals surface area contributed by atoms with E-state index >= 15 is 0 Å². The summed E-state index contributed by atoms with van der Waals surface area (Å²) in [6, 6.07) is 16.5. The Balaban J connectivity index is 1.37. The van der Waals surface area contributed by atoms with Gasteiger partial charge >= 0.3 is 0 Å². The molecule has 1 aliphatic rings. The predicted octanol–water partition coefficient (Wildman–Crippen LogP) is 4.23. The number of benzene rings is 2. The van der Waals surface area contributed by atoms with E-state index in [1.807, 2.05) is 41.9 Å². The number of thioether (sulfide) groups is 1. The SMILES string of the molecule is COc1ccc(C(CNC(=O)CSc2nnc(-c3ccccc3C)n2C)N2CCCCC2)cc1. The van der Waals surface area contributed by atoms with Crippen molar-refractivity contribution in [1.82, 2.24) is 25.0 Å². The van der Waals surface area contributed by atoms with Crippen LogP contribution in [0.5, 0.6) is 5.75 Å². The largest absolute Gasteiger partial charge is 0.497 e. The molecular weight excluding hydrogens is 446 g/mol. The number of methoxy groups -OCH3 is 1. The van der Waals surface area contributed by atoms with Crippen LogP contribution in [0.1, 0.15) is 36.4 Å². The Bertz CT molecular complexity index is 1090. The van der Waals surface area contributed by atoms with E-state index < -0.39 is 0 Å². The average molecular weight is 480 g/mol. The summed E-state index contributed by atoms with van der Waals surface area (Å²) >= 11 is 1.41. The summed E-state index contributed by atoms with van der Waals surface area (Å²) < 4.78 is 7.27. The smallest absolute Gasteiger partial charge is 0.230 e. The Morgan fingerprint density at radius 1 is 1.09 bits per heavy atom. The molecule has 180 valence electrons. The van der Waals surface area contributed by atoms with Crippen molar-refractivity contribution in [1.29, 1.82) is 0 Å². The second-order valence-corrected chi connectivity index (χ2v) is 9.60. The number of ether oxygens (including phenoxy) is 1. The summed E-state index contributed by atoms with van der Waals surface area (Å²) in [6.45, 7) is 4.76. The van der Waals surface area contributed by atoms with Gasteiger partial charge in [0, 0.05) is 19.2 Å². The summed E-state index contributed by atoms with van der Waals surface area (Å²) in [4.78, 5) is 15.2. The van der Waals surface area contributed by atoms with Crippen LogP contribution < -0.4 is 10.1 Å². The fourth-order valence-electron chi connectivity index (χ4n) is 4.40. The lowest BCUT2D eigenvalue weighted by atomic mass is 10.0. The van der Waals surface area contributed by atoms with Gasteiger partial charge in [-0.3, -0.25) is 9.69 Å². The molecule has 4 rings (SSSR count). The molecule has 1 atom stereocenters. The van der Waals surface area contributed by atoms with Gasteiger partial charge in [0.1, 0.15) is 5.75 Å².